The maximum Gasteiger partial charge on any atom is 0.0405 e. The van der Waals surface area contributed by atoms with Gasteiger partial charge in [-0.25, -0.2) is 0 Å². The molecule has 0 bridgehead atoms. The topological polar surface area (TPSA) is 29.3 Å². The lowest BCUT2D eigenvalue weighted by Gasteiger charge is -2.16. The maximum atomic E-state index is 5.75. The summed E-state index contributed by atoms with van der Waals surface area (Å²) in [5.74, 6) is 0.629. The normalized spacial score (nSPS) is 19.9. The van der Waals surface area contributed by atoms with Crippen LogP contribution in [0.25, 0.3) is 0 Å². The first-order valence-electron chi connectivity index (χ1n) is 5.34. The smallest absolute Gasteiger partial charge is 0.0405 e. The lowest BCUT2D eigenvalue weighted by atomic mass is 9.97. The number of nitrogens with two attached hydrogens (primary N) is 1. The number of fused-ring (bicyclic) bond motifs is 1. The van der Waals surface area contributed by atoms with Gasteiger partial charge < -0.3 is 10.6 Å². The zero-order chi connectivity index (χ0) is 10.1. The minimum atomic E-state index is 0.629. The van der Waals surface area contributed by atoms with Crippen molar-refractivity contribution in [2.75, 3.05) is 18.0 Å². The van der Waals surface area contributed by atoms with E-state index in [4.69, 9.17) is 5.73 Å². The van der Waals surface area contributed by atoms with Gasteiger partial charge in [-0.1, -0.05) is 19.1 Å². The zero-order valence-electron chi connectivity index (χ0n) is 8.96. The van der Waals surface area contributed by atoms with Crippen molar-refractivity contribution >= 4 is 5.69 Å². The number of benzene rings is 1. The summed E-state index contributed by atoms with van der Waals surface area (Å²) in [7, 11) is 0. The summed E-state index contributed by atoms with van der Waals surface area (Å²) < 4.78 is 0. The van der Waals surface area contributed by atoms with Gasteiger partial charge in [-0.2, -0.15) is 0 Å². The van der Waals surface area contributed by atoms with E-state index in [0.717, 1.165) is 13.1 Å². The molecule has 0 radical (unpaired) electrons. The van der Waals surface area contributed by atoms with Crippen molar-refractivity contribution < 1.29 is 0 Å². The Morgan fingerprint density at radius 2 is 2.29 bits per heavy atom. The Hall–Kier alpha value is -1.02. The summed E-state index contributed by atoms with van der Waals surface area (Å²) in [6, 6.07) is 6.47. The molecule has 2 N–H and O–H groups in total. The van der Waals surface area contributed by atoms with Crippen molar-refractivity contribution in [3.63, 3.8) is 0 Å². The van der Waals surface area contributed by atoms with E-state index in [1.807, 2.05) is 0 Å². The van der Waals surface area contributed by atoms with Crippen LogP contribution in [0.1, 0.15) is 30.9 Å². The van der Waals surface area contributed by atoms with Crippen LogP contribution in [0.4, 0.5) is 5.69 Å². The molecule has 1 aromatic carbocycles. The molecule has 0 spiro atoms. The van der Waals surface area contributed by atoms with Gasteiger partial charge in [0.15, 0.2) is 0 Å². The molecule has 0 fully saturated rings. The Morgan fingerprint density at radius 3 is 2.93 bits per heavy atom. The molecule has 1 aromatic rings. The van der Waals surface area contributed by atoms with E-state index < -0.39 is 0 Å². The number of likely N-dealkylation sites (N-methyl/N-ethyl adjacent to an activating group) is 1. The average Bonchev–Trinajstić information content (AvgIpc) is 2.55. The van der Waals surface area contributed by atoms with Crippen molar-refractivity contribution in [1.29, 1.82) is 0 Å². The molecule has 1 aliphatic rings. The molecular formula is C12H18N2. The third-order valence-corrected chi connectivity index (χ3v) is 3.10. The first-order valence-corrected chi connectivity index (χ1v) is 5.34. The highest BCUT2D eigenvalue weighted by molar-refractivity contribution is 5.62. The number of hydrogen-bond donors (Lipinski definition) is 1. The van der Waals surface area contributed by atoms with Crippen molar-refractivity contribution in [2.45, 2.75) is 26.3 Å². The molecule has 1 atom stereocenters. The van der Waals surface area contributed by atoms with Crippen LogP contribution in [0.2, 0.25) is 0 Å². The molecule has 0 amide bonds. The molecule has 2 rings (SSSR count). The van der Waals surface area contributed by atoms with E-state index in [-0.39, 0.29) is 0 Å². The summed E-state index contributed by atoms with van der Waals surface area (Å²) in [5, 5.41) is 0. The highest BCUT2D eigenvalue weighted by atomic mass is 15.1. The molecule has 0 saturated heterocycles. The molecule has 1 unspecified atom stereocenters. The van der Waals surface area contributed by atoms with Gasteiger partial charge in [-0.3, -0.25) is 0 Å². The molecule has 0 aliphatic carbocycles. The first kappa shape index (κ1) is 9.53. The minimum Gasteiger partial charge on any atom is -0.371 e. The highest BCUT2D eigenvalue weighted by Crippen LogP contribution is 2.37. The van der Waals surface area contributed by atoms with Crippen LogP contribution < -0.4 is 10.6 Å². The molecule has 0 aromatic heterocycles. The molecule has 0 saturated carbocycles. The second-order valence-electron chi connectivity index (χ2n) is 3.99. The number of anilines is 1. The minimum absolute atomic E-state index is 0.629. The number of hydrogen-bond acceptors (Lipinski definition) is 2. The second-order valence-corrected chi connectivity index (χ2v) is 3.99. The van der Waals surface area contributed by atoms with Crippen molar-refractivity contribution in [1.82, 2.24) is 0 Å². The summed E-state index contributed by atoms with van der Waals surface area (Å²) >= 11 is 0. The zero-order valence-corrected chi connectivity index (χ0v) is 8.96. The highest BCUT2D eigenvalue weighted by Gasteiger charge is 2.25. The van der Waals surface area contributed by atoms with Gasteiger partial charge in [0.2, 0.25) is 0 Å². The lowest BCUT2D eigenvalue weighted by molar-refractivity contribution is 0.756. The Morgan fingerprint density at radius 1 is 1.50 bits per heavy atom. The standard InChI is InChI=1S/C12H18N2/c1-3-14-8-9(2)12-10(7-13)5-4-6-11(12)14/h4-6,9H,3,7-8,13H2,1-2H3. The van der Waals surface area contributed by atoms with E-state index in [1.165, 1.54) is 16.8 Å². The van der Waals surface area contributed by atoms with E-state index >= 15 is 0 Å². The summed E-state index contributed by atoms with van der Waals surface area (Å²) in [6.07, 6.45) is 0. The van der Waals surface area contributed by atoms with Crippen molar-refractivity contribution in [3.05, 3.63) is 29.3 Å². The van der Waals surface area contributed by atoms with Crippen LogP contribution in [-0.2, 0) is 6.54 Å². The van der Waals surface area contributed by atoms with Gasteiger partial charge in [-0.05, 0) is 24.1 Å². The Bertz CT molecular complexity index is 333. The Kier molecular flexibility index (Phi) is 2.46. The van der Waals surface area contributed by atoms with Crippen LogP contribution in [0, 0.1) is 0 Å². The predicted octanol–water partition coefficient (Wildman–Crippen LogP) is 2.09. The molecule has 2 heteroatoms. The fourth-order valence-electron chi connectivity index (χ4n) is 2.44. The van der Waals surface area contributed by atoms with Crippen molar-refractivity contribution in [3.8, 4) is 0 Å². The molecule has 1 heterocycles. The lowest BCUT2D eigenvalue weighted by Crippen LogP contribution is -2.20. The van der Waals surface area contributed by atoms with Crippen molar-refractivity contribution in [2.24, 2.45) is 5.73 Å². The van der Waals surface area contributed by atoms with Crippen LogP contribution in [0.5, 0.6) is 0 Å². The molecule has 14 heavy (non-hydrogen) atoms. The molecule has 1 aliphatic heterocycles. The van der Waals surface area contributed by atoms with Gasteiger partial charge in [0.1, 0.15) is 0 Å². The van der Waals surface area contributed by atoms with Gasteiger partial charge >= 0.3 is 0 Å². The van der Waals surface area contributed by atoms with E-state index in [0.29, 0.717) is 12.5 Å². The molecule has 76 valence electrons. The summed E-state index contributed by atoms with van der Waals surface area (Å²) in [5.41, 5.74) is 9.93. The van der Waals surface area contributed by atoms with E-state index in [2.05, 4.69) is 36.9 Å². The van der Waals surface area contributed by atoms with Gasteiger partial charge in [0.25, 0.3) is 0 Å². The monoisotopic (exact) mass is 190 g/mol. The third-order valence-electron chi connectivity index (χ3n) is 3.10. The van der Waals surface area contributed by atoms with E-state index in [9.17, 15) is 0 Å². The van der Waals surface area contributed by atoms with Crippen LogP contribution in [0.15, 0.2) is 18.2 Å². The SMILES string of the molecule is CCN1CC(C)c2c(CN)cccc21. The van der Waals surface area contributed by atoms with E-state index in [1.54, 1.807) is 0 Å². The second kappa shape index (κ2) is 3.62. The van der Waals surface area contributed by atoms with Crippen LogP contribution in [-0.4, -0.2) is 13.1 Å². The van der Waals surface area contributed by atoms with Crippen LogP contribution >= 0.6 is 0 Å². The fraction of sp³-hybridized carbons (Fsp3) is 0.500. The first-order chi connectivity index (χ1) is 6.77. The van der Waals surface area contributed by atoms with Gasteiger partial charge in [-0.15, -0.1) is 0 Å². The summed E-state index contributed by atoms with van der Waals surface area (Å²) in [4.78, 5) is 2.43. The van der Waals surface area contributed by atoms with Gasteiger partial charge in [0.05, 0.1) is 0 Å². The predicted molar refractivity (Wildman–Crippen MR) is 60.6 cm³/mol. The number of rotatable bonds is 2. The summed E-state index contributed by atoms with van der Waals surface area (Å²) in [6.45, 7) is 7.38. The number of nitrogens with zero attached hydrogens (tertiary/aromatic N) is 1. The van der Waals surface area contributed by atoms with Gasteiger partial charge in [0, 0.05) is 31.2 Å². The quantitative estimate of drug-likeness (QED) is 0.773. The fourth-order valence-corrected chi connectivity index (χ4v) is 2.44. The van der Waals surface area contributed by atoms with Crippen LogP contribution in [0.3, 0.4) is 0 Å². The maximum absolute atomic E-state index is 5.75. The molecule has 2 nitrogen and oxygen atoms in total. The average molecular weight is 190 g/mol. The third kappa shape index (κ3) is 1.30. The Balaban J connectivity index is 2.49. The Labute approximate surface area is 85.7 Å². The molecular weight excluding hydrogens is 172 g/mol. The largest absolute Gasteiger partial charge is 0.371 e.